The molecule has 3 atom stereocenters. The number of imide groups is 1. The molecule has 1 aromatic carbocycles. The van der Waals surface area contributed by atoms with Gasteiger partial charge in [-0.25, -0.2) is 0 Å². The van der Waals surface area contributed by atoms with Crippen molar-refractivity contribution in [1.29, 1.82) is 0 Å². The summed E-state index contributed by atoms with van der Waals surface area (Å²) in [5.74, 6) is -1.14. The Balaban J connectivity index is 1.42. The van der Waals surface area contributed by atoms with Crippen molar-refractivity contribution < 1.29 is 14.4 Å². The van der Waals surface area contributed by atoms with Crippen molar-refractivity contribution in [1.82, 2.24) is 9.80 Å². The number of carbonyl (C=O) groups is 3. The number of carbonyl (C=O) groups excluding carboxylic acids is 3. The summed E-state index contributed by atoms with van der Waals surface area (Å²) in [4.78, 5) is 43.2. The van der Waals surface area contributed by atoms with Gasteiger partial charge in [0.15, 0.2) is 0 Å². The number of thiophene rings is 1. The zero-order chi connectivity index (χ0) is 20.0. The standard InChI is InChI=1S/C23H22N2O3S/c26-20(14-25-22(27)16-8-4-5-9-17(16)23(25)28)24-12-10-19-18(11-13-29-19)21(24)15-6-2-1-3-7-15/h1-7,11,13,16-17,21H,8-10,12,14H2/t16-,17+,21-/m0/s1. The molecule has 0 saturated carbocycles. The van der Waals surface area contributed by atoms with Crippen molar-refractivity contribution in [3.8, 4) is 0 Å². The van der Waals surface area contributed by atoms with Crippen LogP contribution >= 0.6 is 11.3 Å². The first-order valence-corrected chi connectivity index (χ1v) is 10.9. The molecule has 3 amide bonds. The van der Waals surface area contributed by atoms with Crippen LogP contribution in [-0.2, 0) is 20.8 Å². The number of likely N-dealkylation sites (tertiary alicyclic amines) is 1. The lowest BCUT2D eigenvalue weighted by molar-refractivity contribution is -0.147. The summed E-state index contributed by atoms with van der Waals surface area (Å²) in [6.07, 6.45) is 5.92. The summed E-state index contributed by atoms with van der Waals surface area (Å²) in [6, 6.07) is 11.9. The van der Waals surface area contributed by atoms with Gasteiger partial charge in [0.1, 0.15) is 6.54 Å². The molecule has 3 aliphatic rings. The summed E-state index contributed by atoms with van der Waals surface area (Å²) in [6.45, 7) is 0.435. The van der Waals surface area contributed by atoms with Crippen molar-refractivity contribution in [3.63, 3.8) is 0 Å². The fourth-order valence-electron chi connectivity index (χ4n) is 4.83. The largest absolute Gasteiger partial charge is 0.330 e. The zero-order valence-electron chi connectivity index (χ0n) is 16.0. The third kappa shape index (κ3) is 3.02. The van der Waals surface area contributed by atoms with Gasteiger partial charge in [-0.2, -0.15) is 0 Å². The summed E-state index contributed by atoms with van der Waals surface area (Å²) in [7, 11) is 0. The van der Waals surface area contributed by atoms with Crippen LogP contribution in [0.3, 0.4) is 0 Å². The van der Waals surface area contributed by atoms with Gasteiger partial charge in [-0.05, 0) is 41.8 Å². The van der Waals surface area contributed by atoms with Gasteiger partial charge in [0.25, 0.3) is 0 Å². The highest BCUT2D eigenvalue weighted by Crippen LogP contribution is 2.39. The molecule has 1 fully saturated rings. The van der Waals surface area contributed by atoms with Crippen LogP contribution < -0.4 is 0 Å². The van der Waals surface area contributed by atoms with E-state index in [1.165, 1.54) is 9.78 Å². The predicted molar refractivity (Wildman–Crippen MR) is 110 cm³/mol. The fraction of sp³-hybridized carbons (Fsp3) is 0.348. The Morgan fingerprint density at radius 3 is 2.38 bits per heavy atom. The molecular formula is C23H22N2O3S. The molecule has 3 heterocycles. The lowest BCUT2D eigenvalue weighted by Gasteiger charge is -2.37. The van der Waals surface area contributed by atoms with E-state index in [1.54, 1.807) is 11.3 Å². The van der Waals surface area contributed by atoms with Gasteiger partial charge in [-0.15, -0.1) is 11.3 Å². The first kappa shape index (κ1) is 18.3. The Kier molecular flexibility index (Phi) is 4.59. The highest BCUT2D eigenvalue weighted by Gasteiger charge is 2.48. The average molecular weight is 407 g/mol. The van der Waals surface area contributed by atoms with Crippen LogP contribution in [0, 0.1) is 11.8 Å². The summed E-state index contributed by atoms with van der Waals surface area (Å²) < 4.78 is 0. The molecule has 5 nitrogen and oxygen atoms in total. The van der Waals surface area contributed by atoms with Crippen LogP contribution in [0.1, 0.15) is 34.9 Å². The molecule has 0 spiro atoms. The maximum atomic E-state index is 13.3. The van der Waals surface area contributed by atoms with Crippen molar-refractivity contribution in [2.45, 2.75) is 25.3 Å². The molecule has 148 valence electrons. The van der Waals surface area contributed by atoms with Crippen molar-refractivity contribution in [3.05, 3.63) is 69.9 Å². The van der Waals surface area contributed by atoms with Gasteiger partial charge in [-0.1, -0.05) is 42.5 Å². The monoisotopic (exact) mass is 406 g/mol. The van der Waals surface area contributed by atoms with E-state index in [0.717, 1.165) is 17.5 Å². The van der Waals surface area contributed by atoms with E-state index in [9.17, 15) is 14.4 Å². The molecule has 6 heteroatoms. The Morgan fingerprint density at radius 1 is 1.00 bits per heavy atom. The van der Waals surface area contributed by atoms with E-state index < -0.39 is 0 Å². The quantitative estimate of drug-likeness (QED) is 0.581. The van der Waals surface area contributed by atoms with Crippen molar-refractivity contribution >= 4 is 29.1 Å². The maximum absolute atomic E-state index is 13.3. The Bertz CT molecular complexity index is 971. The highest BCUT2D eigenvalue weighted by atomic mass is 32.1. The second-order valence-electron chi connectivity index (χ2n) is 7.87. The van der Waals surface area contributed by atoms with E-state index in [0.29, 0.717) is 19.4 Å². The lowest BCUT2D eigenvalue weighted by atomic mass is 9.85. The molecule has 1 aliphatic carbocycles. The third-order valence-electron chi connectivity index (χ3n) is 6.29. The van der Waals surface area contributed by atoms with Crippen LogP contribution in [0.4, 0.5) is 0 Å². The Morgan fingerprint density at radius 2 is 1.69 bits per heavy atom. The molecule has 5 rings (SSSR count). The Labute approximate surface area is 173 Å². The SMILES string of the molecule is O=C1[C@H]2CC=CC[C@H]2C(=O)N1CC(=O)N1CCc2sccc2[C@@H]1c1ccccc1. The van der Waals surface area contributed by atoms with Gasteiger partial charge in [0.2, 0.25) is 17.7 Å². The number of amides is 3. The molecule has 1 saturated heterocycles. The second-order valence-corrected chi connectivity index (χ2v) is 8.87. The third-order valence-corrected chi connectivity index (χ3v) is 7.29. The van der Waals surface area contributed by atoms with Crippen LogP contribution in [0.2, 0.25) is 0 Å². The predicted octanol–water partition coefficient (Wildman–Crippen LogP) is 3.17. The van der Waals surface area contributed by atoms with Gasteiger partial charge in [0, 0.05) is 11.4 Å². The minimum Gasteiger partial charge on any atom is -0.330 e. The number of fused-ring (bicyclic) bond motifs is 2. The molecular weight excluding hydrogens is 384 g/mol. The minimum absolute atomic E-state index is 0.159. The van der Waals surface area contributed by atoms with Gasteiger partial charge >= 0.3 is 0 Å². The van der Waals surface area contributed by atoms with Gasteiger partial charge in [0.05, 0.1) is 17.9 Å². The van der Waals surface area contributed by atoms with Crippen LogP contribution in [0.15, 0.2) is 53.9 Å². The van der Waals surface area contributed by atoms with Gasteiger partial charge < -0.3 is 4.90 Å². The van der Waals surface area contributed by atoms with E-state index >= 15 is 0 Å². The van der Waals surface area contributed by atoms with E-state index in [-0.39, 0.29) is 42.1 Å². The number of rotatable bonds is 3. The highest BCUT2D eigenvalue weighted by molar-refractivity contribution is 7.10. The van der Waals surface area contributed by atoms with Crippen molar-refractivity contribution in [2.24, 2.45) is 11.8 Å². The van der Waals surface area contributed by atoms with E-state index in [2.05, 4.69) is 11.4 Å². The molecule has 0 unspecified atom stereocenters. The van der Waals surface area contributed by atoms with Crippen LogP contribution in [0.25, 0.3) is 0 Å². The number of allylic oxidation sites excluding steroid dienone is 2. The second kappa shape index (κ2) is 7.26. The van der Waals surface area contributed by atoms with Gasteiger partial charge in [-0.3, -0.25) is 19.3 Å². The first-order valence-electron chi connectivity index (χ1n) is 10.1. The van der Waals surface area contributed by atoms with Crippen LogP contribution in [0.5, 0.6) is 0 Å². The molecule has 29 heavy (non-hydrogen) atoms. The molecule has 2 aromatic rings. The summed E-state index contributed by atoms with van der Waals surface area (Å²) in [5.41, 5.74) is 2.20. The van der Waals surface area contributed by atoms with Crippen LogP contribution in [-0.4, -0.2) is 40.6 Å². The number of hydrogen-bond acceptors (Lipinski definition) is 4. The average Bonchev–Trinajstić information content (AvgIpc) is 3.33. The number of benzene rings is 1. The minimum atomic E-state index is -0.296. The molecule has 0 radical (unpaired) electrons. The molecule has 2 aliphatic heterocycles. The van der Waals surface area contributed by atoms with E-state index in [4.69, 9.17) is 0 Å². The smallest absolute Gasteiger partial charge is 0.243 e. The summed E-state index contributed by atoms with van der Waals surface area (Å²) >= 11 is 1.72. The maximum Gasteiger partial charge on any atom is 0.243 e. The van der Waals surface area contributed by atoms with E-state index in [1.807, 2.05) is 47.4 Å². The lowest BCUT2D eigenvalue weighted by Crippen LogP contribution is -2.47. The molecule has 1 aromatic heterocycles. The Hall–Kier alpha value is -2.73. The van der Waals surface area contributed by atoms with Crippen molar-refractivity contribution in [2.75, 3.05) is 13.1 Å². The fourth-order valence-corrected chi connectivity index (χ4v) is 5.73. The molecule has 0 bridgehead atoms. The first-order chi connectivity index (χ1) is 14.1. The number of hydrogen-bond donors (Lipinski definition) is 0. The number of nitrogens with zero attached hydrogens (tertiary/aromatic N) is 2. The molecule has 0 N–H and O–H groups in total. The summed E-state index contributed by atoms with van der Waals surface area (Å²) in [5, 5.41) is 2.07. The zero-order valence-corrected chi connectivity index (χ0v) is 16.8. The normalized spacial score (nSPS) is 25.9. The topological polar surface area (TPSA) is 57.7 Å².